The molecular formula is C18H21N7O. The number of imidazole rings is 1. The lowest BCUT2D eigenvalue weighted by Crippen LogP contribution is -2.39. The van der Waals surface area contributed by atoms with Crippen LogP contribution in [-0.4, -0.2) is 53.2 Å². The summed E-state index contributed by atoms with van der Waals surface area (Å²) in [4.78, 5) is 27.9. The summed E-state index contributed by atoms with van der Waals surface area (Å²) in [5, 5.41) is 4.23. The van der Waals surface area contributed by atoms with Gasteiger partial charge in [-0.2, -0.15) is 5.10 Å². The van der Waals surface area contributed by atoms with E-state index in [9.17, 15) is 4.79 Å². The van der Waals surface area contributed by atoms with Crippen molar-refractivity contribution >= 4 is 5.91 Å². The lowest BCUT2D eigenvalue weighted by molar-refractivity contribution is 0.0699. The minimum absolute atomic E-state index is 0.0222. The van der Waals surface area contributed by atoms with Crippen LogP contribution in [0.3, 0.4) is 0 Å². The summed E-state index contributed by atoms with van der Waals surface area (Å²) in [6.45, 7) is 1.39. The van der Waals surface area contributed by atoms with Gasteiger partial charge in [0.15, 0.2) is 0 Å². The summed E-state index contributed by atoms with van der Waals surface area (Å²) in [7, 11) is 3.75. The fourth-order valence-corrected chi connectivity index (χ4v) is 3.40. The van der Waals surface area contributed by atoms with Crippen molar-refractivity contribution in [2.75, 3.05) is 13.1 Å². The highest BCUT2D eigenvalue weighted by Gasteiger charge is 2.27. The fraction of sp³-hybridized carbons (Fsp3) is 0.389. The predicted octanol–water partition coefficient (Wildman–Crippen LogP) is 1.63. The van der Waals surface area contributed by atoms with Crippen LogP contribution in [0.25, 0.3) is 11.4 Å². The van der Waals surface area contributed by atoms with Gasteiger partial charge in [-0.3, -0.25) is 14.5 Å². The van der Waals surface area contributed by atoms with Crippen LogP contribution in [0.4, 0.5) is 0 Å². The van der Waals surface area contributed by atoms with Crippen molar-refractivity contribution in [3.63, 3.8) is 0 Å². The van der Waals surface area contributed by atoms with E-state index in [1.165, 1.54) is 0 Å². The van der Waals surface area contributed by atoms with Crippen molar-refractivity contribution in [3.05, 3.63) is 48.6 Å². The van der Waals surface area contributed by atoms with E-state index >= 15 is 0 Å². The summed E-state index contributed by atoms with van der Waals surface area (Å²) in [6.07, 6.45) is 10.8. The van der Waals surface area contributed by atoms with Gasteiger partial charge in [0.2, 0.25) is 0 Å². The molecule has 0 radical (unpaired) electrons. The molecule has 0 bridgehead atoms. The SMILES string of the molecule is Cn1ccc(C(=O)N2CCCC(c3cncc(-c4cncn4C)n3)C2)n1. The van der Waals surface area contributed by atoms with Crippen LogP contribution in [0.5, 0.6) is 0 Å². The summed E-state index contributed by atoms with van der Waals surface area (Å²) in [5.41, 5.74) is 3.14. The molecule has 1 fully saturated rings. The van der Waals surface area contributed by atoms with E-state index in [1.54, 1.807) is 41.9 Å². The van der Waals surface area contributed by atoms with Gasteiger partial charge in [0.05, 0.1) is 30.1 Å². The minimum Gasteiger partial charge on any atom is -0.337 e. The number of piperidine rings is 1. The Bertz CT molecular complexity index is 929. The molecule has 0 N–H and O–H groups in total. The quantitative estimate of drug-likeness (QED) is 0.716. The van der Waals surface area contributed by atoms with Gasteiger partial charge in [-0.1, -0.05) is 0 Å². The molecule has 1 unspecified atom stereocenters. The molecule has 3 aromatic heterocycles. The van der Waals surface area contributed by atoms with Gasteiger partial charge >= 0.3 is 0 Å². The van der Waals surface area contributed by atoms with Crippen molar-refractivity contribution in [1.82, 2.24) is 34.2 Å². The summed E-state index contributed by atoms with van der Waals surface area (Å²) >= 11 is 0. The maximum absolute atomic E-state index is 12.7. The molecule has 1 aliphatic heterocycles. The molecule has 1 atom stereocenters. The molecule has 26 heavy (non-hydrogen) atoms. The monoisotopic (exact) mass is 351 g/mol. The molecule has 8 nitrogen and oxygen atoms in total. The van der Waals surface area contributed by atoms with E-state index in [0.717, 1.165) is 36.5 Å². The molecule has 1 amide bonds. The van der Waals surface area contributed by atoms with Crippen molar-refractivity contribution in [2.45, 2.75) is 18.8 Å². The molecule has 8 heteroatoms. The number of carbonyl (C=O) groups is 1. The van der Waals surface area contributed by atoms with Crippen LogP contribution in [-0.2, 0) is 14.1 Å². The van der Waals surface area contributed by atoms with Crippen LogP contribution in [0.15, 0.2) is 37.2 Å². The number of hydrogen-bond acceptors (Lipinski definition) is 5. The highest BCUT2D eigenvalue weighted by Crippen LogP contribution is 2.27. The molecule has 0 saturated carbocycles. The van der Waals surface area contributed by atoms with Gasteiger partial charge in [-0.15, -0.1) is 0 Å². The first-order chi connectivity index (χ1) is 12.6. The lowest BCUT2D eigenvalue weighted by atomic mass is 9.94. The Hall–Kier alpha value is -3.03. The Morgan fingerprint density at radius 1 is 1.19 bits per heavy atom. The van der Waals surface area contributed by atoms with E-state index in [2.05, 4.69) is 15.1 Å². The van der Waals surface area contributed by atoms with Crippen LogP contribution in [0.2, 0.25) is 0 Å². The van der Waals surface area contributed by atoms with Gasteiger partial charge in [-0.05, 0) is 18.9 Å². The summed E-state index contributed by atoms with van der Waals surface area (Å²) in [5.74, 6) is 0.156. The van der Waals surface area contributed by atoms with E-state index in [-0.39, 0.29) is 11.8 Å². The Morgan fingerprint density at radius 2 is 2.08 bits per heavy atom. The number of amides is 1. The number of nitrogens with zero attached hydrogens (tertiary/aromatic N) is 7. The number of hydrogen-bond donors (Lipinski definition) is 0. The molecule has 4 rings (SSSR count). The second-order valence-corrected chi connectivity index (χ2v) is 6.68. The molecule has 1 aliphatic rings. The second kappa shape index (κ2) is 6.70. The second-order valence-electron chi connectivity index (χ2n) is 6.68. The molecule has 0 spiro atoms. The van der Waals surface area contributed by atoms with Gasteiger partial charge < -0.3 is 9.47 Å². The highest BCUT2D eigenvalue weighted by atomic mass is 16.2. The maximum atomic E-state index is 12.7. The van der Waals surface area contributed by atoms with Crippen LogP contribution in [0, 0.1) is 0 Å². The van der Waals surface area contributed by atoms with E-state index < -0.39 is 0 Å². The Morgan fingerprint density at radius 3 is 2.81 bits per heavy atom. The highest BCUT2D eigenvalue weighted by molar-refractivity contribution is 5.92. The Balaban J connectivity index is 1.55. The molecule has 1 saturated heterocycles. The number of aromatic nitrogens is 6. The summed E-state index contributed by atoms with van der Waals surface area (Å²) < 4.78 is 3.57. The van der Waals surface area contributed by atoms with Crippen molar-refractivity contribution in [1.29, 1.82) is 0 Å². The molecule has 134 valence electrons. The average Bonchev–Trinajstić information content (AvgIpc) is 3.29. The van der Waals surface area contributed by atoms with Gasteiger partial charge in [-0.25, -0.2) is 9.97 Å². The van der Waals surface area contributed by atoms with Crippen molar-refractivity contribution in [3.8, 4) is 11.4 Å². The fourth-order valence-electron chi connectivity index (χ4n) is 3.40. The zero-order valence-electron chi connectivity index (χ0n) is 14.9. The smallest absolute Gasteiger partial charge is 0.274 e. The minimum atomic E-state index is -0.0222. The average molecular weight is 351 g/mol. The van der Waals surface area contributed by atoms with Gasteiger partial charge in [0.1, 0.15) is 11.4 Å². The van der Waals surface area contributed by atoms with Crippen LogP contribution < -0.4 is 0 Å². The van der Waals surface area contributed by atoms with Crippen molar-refractivity contribution < 1.29 is 4.79 Å². The molecule has 0 aromatic carbocycles. The first-order valence-electron chi connectivity index (χ1n) is 8.69. The first-order valence-corrected chi connectivity index (χ1v) is 8.69. The van der Waals surface area contributed by atoms with Gasteiger partial charge in [0.25, 0.3) is 5.91 Å². The maximum Gasteiger partial charge on any atom is 0.274 e. The molecule has 4 heterocycles. The largest absolute Gasteiger partial charge is 0.337 e. The standard InChI is InChI=1S/C18H21N7O/c1-23-12-20-10-17(23)16-9-19-8-15(21-16)13-4-3-6-25(11-13)18(26)14-5-7-24(2)22-14/h5,7-10,12-13H,3-4,6,11H2,1-2H3. The third-order valence-electron chi connectivity index (χ3n) is 4.79. The number of aryl methyl sites for hydroxylation is 2. The molecule has 0 aliphatic carbocycles. The summed E-state index contributed by atoms with van der Waals surface area (Å²) in [6, 6.07) is 1.76. The van der Waals surface area contributed by atoms with E-state index in [1.807, 2.05) is 23.6 Å². The molecule has 3 aromatic rings. The lowest BCUT2D eigenvalue weighted by Gasteiger charge is -2.32. The van der Waals surface area contributed by atoms with Gasteiger partial charge in [0, 0.05) is 45.5 Å². The van der Waals surface area contributed by atoms with Crippen LogP contribution in [0.1, 0.15) is 34.9 Å². The van der Waals surface area contributed by atoms with E-state index in [0.29, 0.717) is 12.2 Å². The third-order valence-corrected chi connectivity index (χ3v) is 4.79. The normalized spacial score (nSPS) is 17.5. The van der Waals surface area contributed by atoms with Crippen molar-refractivity contribution in [2.24, 2.45) is 14.1 Å². The zero-order valence-corrected chi connectivity index (χ0v) is 14.9. The Kier molecular flexibility index (Phi) is 4.24. The first kappa shape index (κ1) is 16.4. The topological polar surface area (TPSA) is 81.7 Å². The van der Waals surface area contributed by atoms with E-state index in [4.69, 9.17) is 4.98 Å². The predicted molar refractivity (Wildman–Crippen MR) is 95.3 cm³/mol. The molecular weight excluding hydrogens is 330 g/mol. The zero-order chi connectivity index (χ0) is 18.1. The Labute approximate surface area is 151 Å². The number of carbonyl (C=O) groups excluding carboxylic acids is 1. The van der Waals surface area contributed by atoms with Crippen LogP contribution >= 0.6 is 0 Å². The number of likely N-dealkylation sites (tertiary alicyclic amines) is 1. The third kappa shape index (κ3) is 3.10. The number of rotatable bonds is 3.